The molecule has 0 aliphatic heterocycles. The molecule has 0 saturated carbocycles. The van der Waals surface area contributed by atoms with Crippen molar-refractivity contribution in [3.63, 3.8) is 0 Å². The third-order valence-electron chi connectivity index (χ3n) is 2.47. The van der Waals surface area contributed by atoms with E-state index in [0.717, 1.165) is 0 Å². The molecule has 0 aliphatic rings. The molecular weight excluding hydrogens is 299 g/mol. The number of aromatic nitrogens is 1. The third kappa shape index (κ3) is 3.94. The number of nitrogens with zero attached hydrogens (tertiary/aromatic N) is 1. The standard InChI is InChI=1S/C13H8ClF2NO3.Li/c1-6-9(14)2-7(5-17-6)20-12-4-10(15)8(13(18)19)3-11(12)16;/h2-5H,1H3,(H,18,19);/q;+1/p-1. The molecule has 0 atom stereocenters. The van der Waals surface area contributed by atoms with Crippen LogP contribution in [0.3, 0.4) is 0 Å². The molecule has 104 valence electrons. The van der Waals surface area contributed by atoms with E-state index in [2.05, 4.69) is 4.98 Å². The summed E-state index contributed by atoms with van der Waals surface area (Å²) in [6.45, 7) is 1.67. The van der Waals surface area contributed by atoms with Gasteiger partial charge in [0.05, 0.1) is 22.9 Å². The Morgan fingerprint density at radius 1 is 1.29 bits per heavy atom. The van der Waals surface area contributed by atoms with E-state index >= 15 is 0 Å². The molecule has 1 aromatic carbocycles. The molecule has 0 spiro atoms. The molecule has 8 heteroatoms. The largest absolute Gasteiger partial charge is 1.00 e. The minimum atomic E-state index is -1.81. The van der Waals surface area contributed by atoms with Gasteiger partial charge in [0.1, 0.15) is 11.6 Å². The first kappa shape index (κ1) is 17.4. The Kier molecular flexibility index (Phi) is 5.73. The molecule has 0 fully saturated rings. The summed E-state index contributed by atoms with van der Waals surface area (Å²) >= 11 is 5.82. The van der Waals surface area contributed by atoms with E-state index in [1.165, 1.54) is 12.3 Å². The first-order valence-electron chi connectivity index (χ1n) is 5.39. The van der Waals surface area contributed by atoms with E-state index in [-0.39, 0.29) is 24.6 Å². The zero-order valence-electron chi connectivity index (χ0n) is 11.1. The molecule has 2 aromatic rings. The van der Waals surface area contributed by atoms with E-state index < -0.39 is 28.9 Å². The number of hydrogen-bond donors (Lipinski definition) is 0. The molecule has 0 aliphatic carbocycles. The Hall–Kier alpha value is -1.61. The van der Waals surface area contributed by atoms with Crippen LogP contribution >= 0.6 is 11.6 Å². The maximum Gasteiger partial charge on any atom is 1.00 e. The Morgan fingerprint density at radius 3 is 2.52 bits per heavy atom. The number of benzene rings is 1. The molecule has 0 unspecified atom stereocenters. The van der Waals surface area contributed by atoms with Crippen LogP contribution in [-0.4, -0.2) is 11.0 Å². The van der Waals surface area contributed by atoms with Gasteiger partial charge < -0.3 is 14.6 Å². The number of halogens is 3. The SMILES string of the molecule is Cc1ncc(Oc2cc(F)c(C(=O)[O-])cc2F)cc1Cl.[Li+]. The number of rotatable bonds is 3. The Balaban J connectivity index is 0.00000220. The number of hydrogen-bond acceptors (Lipinski definition) is 4. The number of aromatic carboxylic acids is 1. The zero-order valence-corrected chi connectivity index (χ0v) is 11.9. The number of pyridine rings is 1. The first-order chi connectivity index (χ1) is 9.38. The van der Waals surface area contributed by atoms with Crippen LogP contribution in [0.15, 0.2) is 24.4 Å². The van der Waals surface area contributed by atoms with Crippen molar-refractivity contribution in [1.82, 2.24) is 4.98 Å². The molecular formula is C13H7ClF2LiNO3. The summed E-state index contributed by atoms with van der Waals surface area (Å²) in [5, 5.41) is 10.8. The van der Waals surface area contributed by atoms with Crippen LogP contribution in [0.5, 0.6) is 11.5 Å². The number of carboxylic acids is 1. The van der Waals surface area contributed by atoms with E-state index in [0.29, 0.717) is 22.8 Å². The van der Waals surface area contributed by atoms with Crippen molar-refractivity contribution in [2.24, 2.45) is 0 Å². The van der Waals surface area contributed by atoms with Crippen LogP contribution in [0.1, 0.15) is 16.1 Å². The summed E-state index contributed by atoms with van der Waals surface area (Å²) < 4.78 is 32.1. The summed E-state index contributed by atoms with van der Waals surface area (Å²) in [4.78, 5) is 14.4. The van der Waals surface area contributed by atoms with Crippen LogP contribution < -0.4 is 28.7 Å². The second-order valence-corrected chi connectivity index (χ2v) is 4.30. The van der Waals surface area contributed by atoms with Gasteiger partial charge in [0, 0.05) is 17.7 Å². The monoisotopic (exact) mass is 305 g/mol. The number of carboxylic acid groups (broad SMARTS) is 1. The smallest absolute Gasteiger partial charge is 0.545 e. The zero-order chi connectivity index (χ0) is 14.9. The summed E-state index contributed by atoms with van der Waals surface area (Å²) in [6, 6.07) is 2.49. The minimum absolute atomic E-state index is 0. The second-order valence-electron chi connectivity index (χ2n) is 3.89. The molecule has 1 heterocycles. The van der Waals surface area contributed by atoms with Crippen molar-refractivity contribution < 1.29 is 42.3 Å². The van der Waals surface area contributed by atoms with Crippen molar-refractivity contribution >= 4 is 17.6 Å². The van der Waals surface area contributed by atoms with Gasteiger partial charge in [-0.2, -0.15) is 0 Å². The first-order valence-corrected chi connectivity index (χ1v) is 5.76. The fraction of sp³-hybridized carbons (Fsp3) is 0.0769. The molecule has 2 rings (SSSR count). The van der Waals surface area contributed by atoms with Crippen molar-refractivity contribution in [3.8, 4) is 11.5 Å². The van der Waals surface area contributed by atoms with E-state index in [1.807, 2.05) is 0 Å². The Bertz CT molecular complexity index is 697. The van der Waals surface area contributed by atoms with Gasteiger partial charge in [0.15, 0.2) is 11.6 Å². The van der Waals surface area contributed by atoms with Gasteiger partial charge in [-0.05, 0) is 13.0 Å². The van der Waals surface area contributed by atoms with Crippen molar-refractivity contribution in [3.05, 3.63) is 52.3 Å². The summed E-state index contributed by atoms with van der Waals surface area (Å²) in [6.07, 6.45) is 1.28. The molecule has 0 N–H and O–H groups in total. The topological polar surface area (TPSA) is 62.2 Å². The van der Waals surface area contributed by atoms with Crippen LogP contribution in [0.2, 0.25) is 5.02 Å². The maximum absolute atomic E-state index is 13.6. The molecule has 0 bridgehead atoms. The summed E-state index contributed by atoms with van der Waals surface area (Å²) in [5.74, 6) is -4.39. The van der Waals surface area contributed by atoms with Gasteiger partial charge in [-0.3, -0.25) is 4.98 Å². The fourth-order valence-corrected chi connectivity index (χ4v) is 1.59. The average Bonchev–Trinajstić information content (AvgIpc) is 2.37. The van der Waals surface area contributed by atoms with Gasteiger partial charge >= 0.3 is 18.9 Å². The van der Waals surface area contributed by atoms with Crippen LogP contribution in [0.4, 0.5) is 8.78 Å². The molecule has 0 radical (unpaired) electrons. The van der Waals surface area contributed by atoms with Crippen LogP contribution in [0, 0.1) is 18.6 Å². The molecule has 1 aromatic heterocycles. The normalized spacial score (nSPS) is 9.90. The number of aryl methyl sites for hydroxylation is 1. The van der Waals surface area contributed by atoms with Gasteiger partial charge in [-0.25, -0.2) is 8.78 Å². The Morgan fingerprint density at radius 2 is 1.95 bits per heavy atom. The summed E-state index contributed by atoms with van der Waals surface area (Å²) in [7, 11) is 0. The van der Waals surface area contributed by atoms with Gasteiger partial charge in [-0.1, -0.05) is 11.6 Å². The van der Waals surface area contributed by atoms with Crippen molar-refractivity contribution in [2.45, 2.75) is 6.92 Å². The number of carbonyl (C=O) groups is 1. The predicted octanol–water partition coefficient (Wildman–Crippen LogP) is -0.519. The van der Waals surface area contributed by atoms with Crippen molar-refractivity contribution in [2.75, 3.05) is 0 Å². The Labute approximate surface area is 135 Å². The van der Waals surface area contributed by atoms with Crippen molar-refractivity contribution in [1.29, 1.82) is 0 Å². The van der Waals surface area contributed by atoms with Gasteiger partial charge in [-0.15, -0.1) is 0 Å². The molecule has 0 amide bonds. The predicted molar refractivity (Wildman–Crippen MR) is 64.7 cm³/mol. The molecule has 21 heavy (non-hydrogen) atoms. The number of ether oxygens (including phenoxy) is 1. The molecule has 0 saturated heterocycles. The third-order valence-corrected chi connectivity index (χ3v) is 2.85. The summed E-state index contributed by atoms with van der Waals surface area (Å²) in [5.41, 5.74) is -0.326. The number of carbonyl (C=O) groups excluding carboxylic acids is 1. The van der Waals surface area contributed by atoms with E-state index in [4.69, 9.17) is 16.3 Å². The second kappa shape index (κ2) is 6.90. The van der Waals surface area contributed by atoms with E-state index in [9.17, 15) is 18.7 Å². The average molecular weight is 306 g/mol. The fourth-order valence-electron chi connectivity index (χ4n) is 1.43. The minimum Gasteiger partial charge on any atom is -0.545 e. The van der Waals surface area contributed by atoms with Gasteiger partial charge in [0.25, 0.3) is 0 Å². The van der Waals surface area contributed by atoms with E-state index in [1.54, 1.807) is 6.92 Å². The van der Waals surface area contributed by atoms with Crippen LogP contribution in [0.25, 0.3) is 0 Å². The quantitative estimate of drug-likeness (QED) is 0.716. The maximum atomic E-state index is 13.6. The van der Waals surface area contributed by atoms with Gasteiger partial charge in [0.2, 0.25) is 0 Å². The van der Waals surface area contributed by atoms with Crippen LogP contribution in [-0.2, 0) is 0 Å². The molecule has 4 nitrogen and oxygen atoms in total.